The first-order chi connectivity index (χ1) is 16.7. The van der Waals surface area contributed by atoms with Gasteiger partial charge in [0.05, 0.1) is 16.6 Å². The first-order valence-corrected chi connectivity index (χ1v) is 12.7. The maximum atomic E-state index is 13.1. The summed E-state index contributed by atoms with van der Waals surface area (Å²) in [6.45, 7) is 10.8. The summed E-state index contributed by atoms with van der Waals surface area (Å²) in [5.74, 6) is 0.0166. The molecule has 35 heavy (non-hydrogen) atoms. The quantitative estimate of drug-likeness (QED) is 0.309. The highest BCUT2D eigenvalue weighted by Crippen LogP contribution is 2.32. The van der Waals surface area contributed by atoms with Gasteiger partial charge in [-0.25, -0.2) is 0 Å². The molecule has 4 aromatic rings. The van der Waals surface area contributed by atoms with Crippen LogP contribution in [-0.4, -0.2) is 28.0 Å². The van der Waals surface area contributed by atoms with Crippen molar-refractivity contribution in [2.45, 2.75) is 77.8 Å². The zero-order chi connectivity index (χ0) is 24.7. The molecule has 0 aliphatic heterocycles. The molecule has 2 aromatic heterocycles. The second kappa shape index (κ2) is 9.03. The Hall–Kier alpha value is -3.34. The van der Waals surface area contributed by atoms with E-state index in [4.69, 9.17) is 4.98 Å². The van der Waals surface area contributed by atoms with Gasteiger partial charge in [0.1, 0.15) is 0 Å². The van der Waals surface area contributed by atoms with Gasteiger partial charge in [0.2, 0.25) is 0 Å². The van der Waals surface area contributed by atoms with Gasteiger partial charge in [-0.1, -0.05) is 32.4 Å². The Kier molecular flexibility index (Phi) is 6.04. The lowest BCUT2D eigenvalue weighted by molar-refractivity contribution is 0.0928. The van der Waals surface area contributed by atoms with Crippen molar-refractivity contribution in [2.24, 2.45) is 0 Å². The standard InChI is InChI=1S/C30H36N4O/c1-18-6-11-25-23(15-18)26(17-27(34-25)30(3,4)5)32-21-7-9-22(10-8-21)33-29(35)24-16-19(2)14-20-12-13-31-28(20)24/h6,11-17,21-22,31H,7-10H2,1-5H3,(H,32,34)(H,33,35). The molecule has 1 aliphatic carbocycles. The topological polar surface area (TPSA) is 69.8 Å². The second-order valence-electron chi connectivity index (χ2n) is 11.2. The molecule has 5 nitrogen and oxygen atoms in total. The van der Waals surface area contributed by atoms with Gasteiger partial charge >= 0.3 is 0 Å². The predicted molar refractivity (Wildman–Crippen MR) is 145 cm³/mol. The van der Waals surface area contributed by atoms with Crippen molar-refractivity contribution in [3.63, 3.8) is 0 Å². The van der Waals surface area contributed by atoms with Crippen molar-refractivity contribution in [3.8, 4) is 0 Å². The molecule has 5 rings (SSSR count). The van der Waals surface area contributed by atoms with Crippen LogP contribution in [0.4, 0.5) is 5.69 Å². The average Bonchev–Trinajstić information content (AvgIpc) is 3.27. The van der Waals surface area contributed by atoms with Crippen molar-refractivity contribution >= 4 is 33.4 Å². The SMILES string of the molecule is Cc1cc(C(=O)NC2CCC(Nc3cc(C(C)(C)C)nc4ccc(C)cc34)CC2)c2[nH]ccc2c1. The number of benzene rings is 2. The fourth-order valence-corrected chi connectivity index (χ4v) is 5.21. The van der Waals surface area contributed by atoms with E-state index in [-0.39, 0.29) is 17.4 Å². The molecule has 1 fully saturated rings. The number of rotatable bonds is 4. The number of aromatic amines is 1. The monoisotopic (exact) mass is 468 g/mol. The van der Waals surface area contributed by atoms with Crippen LogP contribution in [0.3, 0.4) is 0 Å². The molecule has 1 amide bonds. The molecule has 0 radical (unpaired) electrons. The number of anilines is 1. The Morgan fingerprint density at radius 3 is 2.43 bits per heavy atom. The van der Waals surface area contributed by atoms with Crippen molar-refractivity contribution < 1.29 is 4.79 Å². The highest BCUT2D eigenvalue weighted by Gasteiger charge is 2.25. The number of nitrogens with one attached hydrogen (secondary N) is 3. The normalized spacial score (nSPS) is 18.7. The minimum Gasteiger partial charge on any atom is -0.382 e. The minimum atomic E-state index is -0.0161. The number of carbonyl (C=O) groups is 1. The summed E-state index contributed by atoms with van der Waals surface area (Å²) in [7, 11) is 0. The summed E-state index contributed by atoms with van der Waals surface area (Å²) < 4.78 is 0. The summed E-state index contributed by atoms with van der Waals surface area (Å²) in [5.41, 5.74) is 7.29. The van der Waals surface area contributed by atoms with Crippen molar-refractivity contribution in [2.75, 3.05) is 5.32 Å². The Bertz CT molecular complexity index is 1390. The molecule has 182 valence electrons. The summed E-state index contributed by atoms with van der Waals surface area (Å²) in [4.78, 5) is 21.3. The van der Waals surface area contributed by atoms with Crippen molar-refractivity contribution in [1.29, 1.82) is 0 Å². The number of carbonyl (C=O) groups excluding carboxylic acids is 1. The summed E-state index contributed by atoms with van der Waals surface area (Å²) >= 11 is 0. The van der Waals surface area contributed by atoms with Gasteiger partial charge in [-0.05, 0) is 81.5 Å². The molecule has 0 unspecified atom stereocenters. The average molecular weight is 469 g/mol. The highest BCUT2D eigenvalue weighted by molar-refractivity contribution is 6.06. The number of aromatic nitrogens is 2. The first-order valence-electron chi connectivity index (χ1n) is 12.7. The molecule has 0 spiro atoms. The lowest BCUT2D eigenvalue weighted by Crippen LogP contribution is -2.40. The minimum absolute atomic E-state index is 0.0161. The molecule has 1 saturated carbocycles. The van der Waals surface area contributed by atoms with Crippen LogP contribution in [0.5, 0.6) is 0 Å². The molecule has 0 bridgehead atoms. The number of hydrogen-bond acceptors (Lipinski definition) is 3. The van der Waals surface area contributed by atoms with Gasteiger partial charge in [-0.2, -0.15) is 0 Å². The lowest BCUT2D eigenvalue weighted by Gasteiger charge is -2.31. The van der Waals surface area contributed by atoms with Crippen LogP contribution in [0.2, 0.25) is 0 Å². The van der Waals surface area contributed by atoms with E-state index in [1.807, 2.05) is 25.3 Å². The van der Waals surface area contributed by atoms with E-state index in [9.17, 15) is 4.79 Å². The van der Waals surface area contributed by atoms with E-state index in [2.05, 4.69) is 73.6 Å². The van der Waals surface area contributed by atoms with E-state index in [0.29, 0.717) is 6.04 Å². The van der Waals surface area contributed by atoms with Crippen molar-refractivity contribution in [3.05, 3.63) is 71.0 Å². The number of fused-ring (bicyclic) bond motifs is 2. The number of hydrogen-bond donors (Lipinski definition) is 3. The maximum absolute atomic E-state index is 13.1. The van der Waals surface area contributed by atoms with Crippen LogP contribution in [-0.2, 0) is 5.41 Å². The van der Waals surface area contributed by atoms with Crippen LogP contribution in [0.1, 0.15) is 73.6 Å². The number of aryl methyl sites for hydroxylation is 2. The van der Waals surface area contributed by atoms with Gasteiger partial charge in [0, 0.05) is 45.8 Å². The van der Waals surface area contributed by atoms with E-state index < -0.39 is 0 Å². The fraction of sp³-hybridized carbons (Fsp3) is 0.400. The van der Waals surface area contributed by atoms with Crippen LogP contribution >= 0.6 is 0 Å². The van der Waals surface area contributed by atoms with Gasteiger partial charge in [-0.3, -0.25) is 9.78 Å². The predicted octanol–water partition coefficient (Wildman–Crippen LogP) is 6.78. The molecule has 5 heteroatoms. The maximum Gasteiger partial charge on any atom is 0.253 e. The van der Waals surface area contributed by atoms with Gasteiger partial charge in [0.25, 0.3) is 5.91 Å². The van der Waals surface area contributed by atoms with E-state index in [1.165, 1.54) is 16.6 Å². The number of nitrogens with zero attached hydrogens (tertiary/aromatic N) is 1. The summed E-state index contributed by atoms with van der Waals surface area (Å²) in [6, 6.07) is 15.4. The molecule has 0 saturated heterocycles. The van der Waals surface area contributed by atoms with Gasteiger partial charge in [-0.15, -0.1) is 0 Å². The molecular formula is C30H36N4O. The third-order valence-electron chi connectivity index (χ3n) is 7.20. The first kappa shape index (κ1) is 23.4. The zero-order valence-corrected chi connectivity index (χ0v) is 21.5. The third-order valence-corrected chi connectivity index (χ3v) is 7.20. The van der Waals surface area contributed by atoms with E-state index >= 15 is 0 Å². The number of H-pyrrole nitrogens is 1. The Labute approximate surface area is 207 Å². The fourth-order valence-electron chi connectivity index (χ4n) is 5.21. The Morgan fingerprint density at radius 2 is 1.69 bits per heavy atom. The van der Waals surface area contributed by atoms with E-state index in [0.717, 1.165) is 58.9 Å². The number of amides is 1. The Balaban J connectivity index is 1.28. The van der Waals surface area contributed by atoms with Crippen molar-refractivity contribution in [1.82, 2.24) is 15.3 Å². The largest absolute Gasteiger partial charge is 0.382 e. The second-order valence-corrected chi connectivity index (χ2v) is 11.2. The van der Waals surface area contributed by atoms with Crippen LogP contribution in [0, 0.1) is 13.8 Å². The van der Waals surface area contributed by atoms with Crippen LogP contribution < -0.4 is 10.6 Å². The molecule has 2 heterocycles. The molecule has 1 aliphatic rings. The smallest absolute Gasteiger partial charge is 0.253 e. The molecule has 0 atom stereocenters. The molecule has 3 N–H and O–H groups in total. The molecule has 2 aromatic carbocycles. The van der Waals surface area contributed by atoms with Gasteiger partial charge < -0.3 is 15.6 Å². The number of pyridine rings is 1. The van der Waals surface area contributed by atoms with Gasteiger partial charge in [0.15, 0.2) is 0 Å². The zero-order valence-electron chi connectivity index (χ0n) is 21.5. The highest BCUT2D eigenvalue weighted by atomic mass is 16.1. The van der Waals surface area contributed by atoms with Crippen LogP contribution in [0.25, 0.3) is 21.8 Å². The molecular weight excluding hydrogens is 432 g/mol. The Morgan fingerprint density at radius 1 is 0.943 bits per heavy atom. The summed E-state index contributed by atoms with van der Waals surface area (Å²) in [6.07, 6.45) is 5.88. The van der Waals surface area contributed by atoms with E-state index in [1.54, 1.807) is 0 Å². The van der Waals surface area contributed by atoms with Crippen LogP contribution in [0.15, 0.2) is 48.7 Å². The lowest BCUT2D eigenvalue weighted by atomic mass is 9.89. The third kappa shape index (κ3) is 4.90. The summed E-state index contributed by atoms with van der Waals surface area (Å²) in [5, 5.41) is 9.40.